The fourth-order valence-corrected chi connectivity index (χ4v) is 6.02. The number of nitrogens with two attached hydrogens (primary N) is 2. The summed E-state index contributed by atoms with van der Waals surface area (Å²) in [6, 6.07) is 1.72. The number of hydrogen-bond donors (Lipinski definition) is 3. The Morgan fingerprint density at radius 3 is 1.62 bits per heavy atom. The maximum atomic E-state index is 13.2. The van der Waals surface area contributed by atoms with E-state index >= 15 is 0 Å². The Morgan fingerprint density at radius 1 is 0.738 bits per heavy atom. The van der Waals surface area contributed by atoms with E-state index in [1.54, 1.807) is 19.9 Å². The van der Waals surface area contributed by atoms with Crippen molar-refractivity contribution in [2.45, 2.75) is 124 Å². The molecule has 0 atom stereocenters. The molecule has 236 valence electrons. The number of methoxy groups -OCH3 is 2. The highest BCUT2D eigenvalue weighted by Crippen LogP contribution is 2.48. The van der Waals surface area contributed by atoms with Crippen LogP contribution in [0.25, 0.3) is 0 Å². The molecule has 0 aromatic heterocycles. The summed E-state index contributed by atoms with van der Waals surface area (Å²) in [6.45, 7) is 8.07. The molecule has 8 nitrogen and oxygen atoms in total. The molecule has 1 heterocycles. The average Bonchev–Trinajstić information content (AvgIpc) is 2.96. The van der Waals surface area contributed by atoms with Crippen molar-refractivity contribution in [2.75, 3.05) is 32.3 Å². The summed E-state index contributed by atoms with van der Waals surface area (Å²) in [5.41, 5.74) is 17.2. The minimum atomic E-state index is -0.810. The first kappa shape index (κ1) is 35.0. The molecule has 0 unspecified atom stereocenters. The smallest absolute Gasteiger partial charge is 0.336 e. The normalized spacial score (nSPS) is 13.8. The van der Waals surface area contributed by atoms with Gasteiger partial charge in [-0.15, -0.1) is 0 Å². The quantitative estimate of drug-likeness (QED) is 0.0867. The monoisotopic (exact) mass is 585 g/mol. The highest BCUT2D eigenvalue weighted by Gasteiger charge is 2.41. The fourth-order valence-electron chi connectivity index (χ4n) is 6.02. The third kappa shape index (κ3) is 9.43. The van der Waals surface area contributed by atoms with Crippen LogP contribution < -0.4 is 21.5 Å². The van der Waals surface area contributed by atoms with Gasteiger partial charge in [-0.2, -0.15) is 0 Å². The number of unbranched alkanes of at least 4 members (excludes halogenated alkanes) is 12. The van der Waals surface area contributed by atoms with Crippen molar-refractivity contribution in [3.05, 3.63) is 39.7 Å². The van der Waals surface area contributed by atoms with Gasteiger partial charge in [0.2, 0.25) is 0 Å². The van der Waals surface area contributed by atoms with E-state index < -0.39 is 17.9 Å². The van der Waals surface area contributed by atoms with Gasteiger partial charge in [0.1, 0.15) is 5.75 Å². The van der Waals surface area contributed by atoms with Crippen molar-refractivity contribution in [3.8, 4) is 5.75 Å². The van der Waals surface area contributed by atoms with Crippen LogP contribution in [0.15, 0.2) is 28.6 Å². The molecular formula is C34H55N3O5. The lowest BCUT2D eigenvalue weighted by atomic mass is 9.76. The van der Waals surface area contributed by atoms with Crippen LogP contribution in [0.2, 0.25) is 0 Å². The van der Waals surface area contributed by atoms with Gasteiger partial charge in [-0.1, -0.05) is 84.0 Å². The maximum absolute atomic E-state index is 13.2. The van der Waals surface area contributed by atoms with E-state index in [1.165, 1.54) is 78.4 Å². The molecule has 8 heteroatoms. The second-order valence-electron chi connectivity index (χ2n) is 11.3. The van der Waals surface area contributed by atoms with Gasteiger partial charge in [-0.3, -0.25) is 0 Å². The molecule has 0 fully saturated rings. The van der Waals surface area contributed by atoms with Crippen LogP contribution in [-0.2, 0) is 25.5 Å². The summed E-state index contributed by atoms with van der Waals surface area (Å²) in [4.78, 5) is 26.3. The Bertz CT molecular complexity index is 1070. The van der Waals surface area contributed by atoms with Crippen molar-refractivity contribution in [3.63, 3.8) is 0 Å². The van der Waals surface area contributed by atoms with Gasteiger partial charge in [0.05, 0.1) is 43.6 Å². The molecule has 1 aliphatic rings. The number of carbonyl (C=O) groups excluding carboxylic acids is 2. The van der Waals surface area contributed by atoms with E-state index in [-0.39, 0.29) is 0 Å². The van der Waals surface area contributed by atoms with Crippen LogP contribution in [0, 0.1) is 0 Å². The van der Waals surface area contributed by atoms with Gasteiger partial charge in [0.15, 0.2) is 0 Å². The first-order valence-corrected chi connectivity index (χ1v) is 15.9. The molecule has 5 N–H and O–H groups in total. The van der Waals surface area contributed by atoms with E-state index in [1.807, 2.05) is 6.92 Å². The number of allylic oxidation sites excluding steroid dienone is 2. The number of ether oxygens (including phenoxy) is 3. The number of rotatable bonds is 19. The number of carbonyl (C=O) groups is 2. The van der Waals surface area contributed by atoms with Crippen molar-refractivity contribution in [2.24, 2.45) is 0 Å². The molecule has 0 saturated carbocycles. The zero-order valence-electron chi connectivity index (χ0n) is 27.0. The number of nitrogen functional groups attached to an aromatic ring is 2. The minimum Gasteiger partial charge on any atom is -0.491 e. The first-order chi connectivity index (χ1) is 20.2. The Hall–Kier alpha value is -3.16. The zero-order valence-corrected chi connectivity index (χ0v) is 27.0. The van der Waals surface area contributed by atoms with Gasteiger partial charge < -0.3 is 31.0 Å². The number of nitrogens with one attached hydrogen (secondary N) is 1. The lowest BCUT2D eigenvalue weighted by molar-refractivity contribution is -0.137. The highest BCUT2D eigenvalue weighted by molar-refractivity contribution is 6.00. The van der Waals surface area contributed by atoms with Crippen molar-refractivity contribution >= 4 is 23.3 Å². The molecule has 0 bridgehead atoms. The average molecular weight is 586 g/mol. The molecule has 0 spiro atoms. The van der Waals surface area contributed by atoms with Gasteiger partial charge in [0.25, 0.3) is 0 Å². The van der Waals surface area contributed by atoms with Crippen LogP contribution in [0.1, 0.15) is 128 Å². The van der Waals surface area contributed by atoms with Crippen LogP contribution in [0.5, 0.6) is 5.75 Å². The highest BCUT2D eigenvalue weighted by atomic mass is 16.5. The van der Waals surface area contributed by atoms with Gasteiger partial charge in [0, 0.05) is 22.6 Å². The van der Waals surface area contributed by atoms with E-state index in [2.05, 4.69) is 12.2 Å². The van der Waals surface area contributed by atoms with Crippen molar-refractivity contribution in [1.29, 1.82) is 0 Å². The lowest BCUT2D eigenvalue weighted by Crippen LogP contribution is -2.33. The molecule has 1 aliphatic heterocycles. The van der Waals surface area contributed by atoms with Crippen molar-refractivity contribution < 1.29 is 23.8 Å². The third-order valence-electron chi connectivity index (χ3n) is 8.17. The van der Waals surface area contributed by atoms with E-state index in [0.29, 0.717) is 58.3 Å². The number of esters is 2. The molecule has 1 aromatic carbocycles. The van der Waals surface area contributed by atoms with Crippen molar-refractivity contribution in [1.82, 2.24) is 5.32 Å². The molecule has 0 amide bonds. The Balaban J connectivity index is 2.26. The molecule has 0 saturated heterocycles. The van der Waals surface area contributed by atoms with Crippen LogP contribution in [0.3, 0.4) is 0 Å². The Kier molecular flexibility index (Phi) is 15.3. The molecule has 2 rings (SSSR count). The number of anilines is 2. The first-order valence-electron chi connectivity index (χ1n) is 15.9. The molecule has 1 aromatic rings. The zero-order chi connectivity index (χ0) is 31.1. The van der Waals surface area contributed by atoms with E-state index in [0.717, 1.165) is 24.8 Å². The largest absolute Gasteiger partial charge is 0.491 e. The lowest BCUT2D eigenvalue weighted by Gasteiger charge is -2.33. The second kappa shape index (κ2) is 18.4. The Morgan fingerprint density at radius 2 is 1.19 bits per heavy atom. The molecule has 0 radical (unpaired) electrons. The summed E-state index contributed by atoms with van der Waals surface area (Å²) < 4.78 is 16.4. The predicted molar refractivity (Wildman–Crippen MR) is 171 cm³/mol. The molecule has 0 aliphatic carbocycles. The maximum Gasteiger partial charge on any atom is 0.336 e. The number of hydrogen-bond acceptors (Lipinski definition) is 8. The summed E-state index contributed by atoms with van der Waals surface area (Å²) in [7, 11) is 2.66. The topological polar surface area (TPSA) is 126 Å². The fraction of sp³-hybridized carbons (Fsp3) is 0.647. The summed E-state index contributed by atoms with van der Waals surface area (Å²) in [6.07, 6.45) is 17.1. The SMILES string of the molecule is CCCCCCCCCCCCCCCc1c(N)cc(N)c(OCC)c1C1C(C(=O)OC)=C(C)NC(C)=C1C(=O)OC. The Labute approximate surface area is 253 Å². The number of dihydropyridines is 1. The van der Waals surface area contributed by atoms with Gasteiger partial charge >= 0.3 is 11.9 Å². The van der Waals surface area contributed by atoms with E-state index in [4.69, 9.17) is 25.7 Å². The van der Waals surface area contributed by atoms with E-state index in [9.17, 15) is 9.59 Å². The predicted octanol–water partition coefficient (Wildman–Crippen LogP) is 7.46. The summed E-state index contributed by atoms with van der Waals surface area (Å²) in [5.74, 6) is -1.47. The number of benzene rings is 1. The van der Waals surface area contributed by atoms with Crippen LogP contribution in [-0.4, -0.2) is 32.8 Å². The minimum absolute atomic E-state index is 0.307. The molecule has 42 heavy (non-hydrogen) atoms. The second-order valence-corrected chi connectivity index (χ2v) is 11.3. The standard InChI is InChI=1S/C34H55N3O5/c1-7-9-10-11-12-13-14-15-16-17-18-19-20-21-25-26(35)22-27(36)32(42-8-2)30(25)31-28(33(38)40-5)23(3)37-24(4)29(31)34(39)41-6/h22,31,37H,7-21,35-36H2,1-6H3. The van der Waals surface area contributed by atoms with Crippen LogP contribution >= 0.6 is 0 Å². The van der Waals surface area contributed by atoms with Gasteiger partial charge in [-0.25, -0.2) is 9.59 Å². The van der Waals surface area contributed by atoms with Crippen LogP contribution in [0.4, 0.5) is 11.4 Å². The summed E-state index contributed by atoms with van der Waals surface area (Å²) in [5, 5.41) is 3.16. The summed E-state index contributed by atoms with van der Waals surface area (Å²) >= 11 is 0. The molecular weight excluding hydrogens is 530 g/mol. The third-order valence-corrected chi connectivity index (χ3v) is 8.17. The van der Waals surface area contributed by atoms with Gasteiger partial charge in [-0.05, 0) is 45.2 Å².